The fraction of sp³-hybridized carbons (Fsp3) is 0.136. The van der Waals surface area contributed by atoms with Crippen molar-refractivity contribution in [1.82, 2.24) is 9.97 Å². The molecule has 1 heterocycles. The molecule has 4 rings (SSSR count). The predicted octanol–water partition coefficient (Wildman–Crippen LogP) is 4.06. The molecule has 0 aliphatic carbocycles. The number of aromatic nitrogens is 2. The van der Waals surface area contributed by atoms with Gasteiger partial charge in [0.1, 0.15) is 5.82 Å². The van der Waals surface area contributed by atoms with Crippen LogP contribution in [0.2, 0.25) is 0 Å². The van der Waals surface area contributed by atoms with Crippen molar-refractivity contribution in [2.24, 2.45) is 0 Å². The number of anilines is 1. The Labute approximate surface area is 179 Å². The Hall–Kier alpha value is -3.72. The predicted molar refractivity (Wildman–Crippen MR) is 118 cm³/mol. The zero-order valence-corrected chi connectivity index (χ0v) is 18.0. The van der Waals surface area contributed by atoms with E-state index in [0.29, 0.717) is 17.3 Å². The van der Waals surface area contributed by atoms with E-state index < -0.39 is 10.0 Å². The van der Waals surface area contributed by atoms with E-state index in [4.69, 9.17) is 14.2 Å². The molecule has 2 N–H and O–H groups in total. The molecule has 0 bridgehead atoms. The number of imidazole rings is 1. The second-order valence-corrected chi connectivity index (χ2v) is 8.33. The van der Waals surface area contributed by atoms with Crippen LogP contribution in [0.25, 0.3) is 22.4 Å². The molecule has 3 aromatic carbocycles. The standard InChI is InChI=1S/C22H21N3O5S/c1-28-19-12-16(13-20(29-2)21(19)30-3)31(26,27)25-15-8-6-7-14(11-15)22-23-17-9-4-5-10-18(17)24-22/h4-13,25H,1-3H3,(H,23,24). The van der Waals surface area contributed by atoms with Gasteiger partial charge in [0.2, 0.25) is 5.75 Å². The molecular formula is C22H21N3O5S. The van der Waals surface area contributed by atoms with Crippen molar-refractivity contribution in [3.8, 4) is 28.6 Å². The highest BCUT2D eigenvalue weighted by Gasteiger charge is 2.21. The Morgan fingerprint density at radius 2 is 1.58 bits per heavy atom. The molecular weight excluding hydrogens is 418 g/mol. The topological polar surface area (TPSA) is 103 Å². The van der Waals surface area contributed by atoms with Crippen LogP contribution in [0, 0.1) is 0 Å². The SMILES string of the molecule is COc1cc(S(=O)(=O)Nc2cccc(-c3nc4ccccc4[nH]3)c2)cc(OC)c1OC. The van der Waals surface area contributed by atoms with Crippen LogP contribution in [0.3, 0.4) is 0 Å². The number of hydrogen-bond donors (Lipinski definition) is 2. The maximum atomic E-state index is 13.0. The maximum Gasteiger partial charge on any atom is 0.262 e. The van der Waals surface area contributed by atoms with Gasteiger partial charge < -0.3 is 19.2 Å². The molecule has 0 aliphatic heterocycles. The molecule has 160 valence electrons. The molecule has 4 aromatic rings. The smallest absolute Gasteiger partial charge is 0.262 e. The summed E-state index contributed by atoms with van der Waals surface area (Å²) in [7, 11) is 0.388. The zero-order valence-electron chi connectivity index (χ0n) is 17.2. The number of nitrogens with zero attached hydrogens (tertiary/aromatic N) is 1. The lowest BCUT2D eigenvalue weighted by atomic mass is 10.2. The van der Waals surface area contributed by atoms with E-state index >= 15 is 0 Å². The molecule has 1 aromatic heterocycles. The number of hydrogen-bond acceptors (Lipinski definition) is 6. The lowest BCUT2D eigenvalue weighted by Crippen LogP contribution is -2.13. The van der Waals surface area contributed by atoms with Crippen molar-refractivity contribution in [2.45, 2.75) is 4.90 Å². The lowest BCUT2D eigenvalue weighted by molar-refractivity contribution is 0.323. The van der Waals surface area contributed by atoms with Gasteiger partial charge in [-0.25, -0.2) is 13.4 Å². The lowest BCUT2D eigenvalue weighted by Gasteiger charge is -2.15. The average molecular weight is 439 g/mol. The molecule has 0 amide bonds. The average Bonchev–Trinajstić information content (AvgIpc) is 3.22. The zero-order chi connectivity index (χ0) is 22.0. The quantitative estimate of drug-likeness (QED) is 0.450. The summed E-state index contributed by atoms with van der Waals surface area (Å²) in [5.74, 6) is 1.46. The molecule has 0 saturated heterocycles. The number of rotatable bonds is 7. The van der Waals surface area contributed by atoms with E-state index in [2.05, 4.69) is 14.7 Å². The molecule has 9 heteroatoms. The van der Waals surface area contributed by atoms with Crippen LogP contribution in [0.1, 0.15) is 0 Å². The van der Waals surface area contributed by atoms with Gasteiger partial charge in [-0.3, -0.25) is 4.72 Å². The Bertz CT molecular complexity index is 1290. The summed E-state index contributed by atoms with van der Waals surface area (Å²) in [4.78, 5) is 7.79. The molecule has 0 unspecified atom stereocenters. The van der Waals surface area contributed by atoms with Crippen molar-refractivity contribution in [2.75, 3.05) is 26.1 Å². The Balaban J connectivity index is 1.68. The van der Waals surface area contributed by atoms with Crippen LogP contribution in [0.4, 0.5) is 5.69 Å². The van der Waals surface area contributed by atoms with Crippen molar-refractivity contribution in [1.29, 1.82) is 0 Å². The van der Waals surface area contributed by atoms with Gasteiger partial charge in [-0.05, 0) is 24.3 Å². The van der Waals surface area contributed by atoms with Crippen LogP contribution in [-0.4, -0.2) is 39.7 Å². The van der Waals surface area contributed by atoms with Crippen LogP contribution in [0.15, 0.2) is 65.6 Å². The third-order valence-electron chi connectivity index (χ3n) is 4.73. The van der Waals surface area contributed by atoms with Gasteiger partial charge in [0, 0.05) is 23.4 Å². The van der Waals surface area contributed by atoms with Crippen molar-refractivity contribution < 1.29 is 22.6 Å². The summed E-state index contributed by atoms with van der Waals surface area (Å²) in [6.07, 6.45) is 0. The fourth-order valence-electron chi connectivity index (χ4n) is 3.25. The van der Waals surface area contributed by atoms with Gasteiger partial charge in [-0.15, -0.1) is 0 Å². The van der Waals surface area contributed by atoms with Gasteiger partial charge in [-0.1, -0.05) is 24.3 Å². The minimum Gasteiger partial charge on any atom is -0.493 e. The van der Waals surface area contributed by atoms with Gasteiger partial charge in [0.25, 0.3) is 10.0 Å². The first kappa shape index (κ1) is 20.5. The monoisotopic (exact) mass is 439 g/mol. The van der Waals surface area contributed by atoms with E-state index in [9.17, 15) is 8.42 Å². The number of methoxy groups -OCH3 is 3. The summed E-state index contributed by atoms with van der Waals surface area (Å²) < 4.78 is 44.5. The fourth-order valence-corrected chi connectivity index (χ4v) is 4.33. The van der Waals surface area contributed by atoms with Crippen molar-refractivity contribution in [3.63, 3.8) is 0 Å². The molecule has 0 aliphatic rings. The van der Waals surface area contributed by atoms with E-state index in [1.54, 1.807) is 18.2 Å². The minimum absolute atomic E-state index is 0.0175. The number of fused-ring (bicyclic) bond motifs is 1. The molecule has 0 atom stereocenters. The summed E-state index contributed by atoms with van der Waals surface area (Å²) >= 11 is 0. The molecule has 0 spiro atoms. The second kappa shape index (κ2) is 8.19. The van der Waals surface area contributed by atoms with Crippen LogP contribution >= 0.6 is 0 Å². The third kappa shape index (κ3) is 3.99. The summed E-state index contributed by atoms with van der Waals surface area (Å²) in [6.45, 7) is 0. The van der Waals surface area contributed by atoms with Crippen LogP contribution in [-0.2, 0) is 10.0 Å². The number of nitrogens with one attached hydrogen (secondary N) is 2. The van der Waals surface area contributed by atoms with Crippen LogP contribution < -0.4 is 18.9 Å². The summed E-state index contributed by atoms with van der Waals surface area (Å²) in [5, 5.41) is 0. The molecule has 31 heavy (non-hydrogen) atoms. The summed E-state index contributed by atoms with van der Waals surface area (Å²) in [5.41, 5.74) is 2.88. The van der Waals surface area contributed by atoms with E-state index in [-0.39, 0.29) is 16.4 Å². The number of para-hydroxylation sites is 2. The molecule has 0 fully saturated rings. The normalized spacial score (nSPS) is 11.3. The van der Waals surface area contributed by atoms with Gasteiger partial charge in [0.05, 0.1) is 37.3 Å². The highest BCUT2D eigenvalue weighted by Crippen LogP contribution is 2.39. The van der Waals surface area contributed by atoms with Crippen LogP contribution in [0.5, 0.6) is 17.2 Å². The van der Waals surface area contributed by atoms with Gasteiger partial charge >= 0.3 is 0 Å². The van der Waals surface area contributed by atoms with E-state index in [1.807, 2.05) is 30.3 Å². The minimum atomic E-state index is -3.92. The molecule has 8 nitrogen and oxygen atoms in total. The van der Waals surface area contributed by atoms with Crippen molar-refractivity contribution >= 4 is 26.7 Å². The van der Waals surface area contributed by atoms with E-state index in [1.165, 1.54) is 33.5 Å². The third-order valence-corrected chi connectivity index (χ3v) is 6.09. The highest BCUT2D eigenvalue weighted by atomic mass is 32.2. The summed E-state index contributed by atoms with van der Waals surface area (Å²) in [6, 6.07) is 17.4. The van der Waals surface area contributed by atoms with Crippen molar-refractivity contribution in [3.05, 3.63) is 60.7 Å². The van der Waals surface area contributed by atoms with Gasteiger partial charge in [0.15, 0.2) is 11.5 Å². The Morgan fingerprint density at radius 3 is 2.23 bits per heavy atom. The number of sulfonamides is 1. The second-order valence-electron chi connectivity index (χ2n) is 6.65. The number of aromatic amines is 1. The molecule has 0 saturated carbocycles. The Morgan fingerprint density at radius 1 is 0.871 bits per heavy atom. The first-order valence-corrected chi connectivity index (χ1v) is 10.8. The first-order valence-electron chi connectivity index (χ1n) is 9.33. The van der Waals surface area contributed by atoms with E-state index in [0.717, 1.165) is 16.6 Å². The first-order chi connectivity index (χ1) is 14.9. The van der Waals surface area contributed by atoms with Gasteiger partial charge in [-0.2, -0.15) is 0 Å². The highest BCUT2D eigenvalue weighted by molar-refractivity contribution is 7.92. The number of benzene rings is 3. The Kier molecular flexibility index (Phi) is 5.43. The number of ether oxygens (including phenoxy) is 3. The molecule has 0 radical (unpaired) electrons. The largest absolute Gasteiger partial charge is 0.493 e. The number of H-pyrrole nitrogens is 1. The maximum absolute atomic E-state index is 13.0.